The average Bonchev–Trinajstić information content (AvgIpc) is 3.28. The highest BCUT2D eigenvalue weighted by atomic mass is 16.5. The Hall–Kier alpha value is -3.06. The lowest BCUT2D eigenvalue weighted by molar-refractivity contribution is -0.121. The van der Waals surface area contributed by atoms with E-state index in [9.17, 15) is 9.59 Å². The van der Waals surface area contributed by atoms with Gasteiger partial charge in [-0.2, -0.15) is 0 Å². The molecule has 0 bridgehead atoms. The molecule has 1 saturated carbocycles. The van der Waals surface area contributed by atoms with Gasteiger partial charge in [-0.05, 0) is 36.6 Å². The van der Waals surface area contributed by atoms with Crippen molar-refractivity contribution in [1.29, 1.82) is 0 Å². The number of anilines is 1. The number of benzene rings is 2. The molecule has 1 N–H and O–H groups in total. The zero-order valence-corrected chi connectivity index (χ0v) is 18.8. The third-order valence-electron chi connectivity index (χ3n) is 6.72. The fraction of sp³-hybridized carbons (Fsp3) is 0.440. The minimum Gasteiger partial charge on any atom is -0.493 e. The molecule has 1 aliphatic carbocycles. The van der Waals surface area contributed by atoms with Gasteiger partial charge in [-0.25, -0.2) is 0 Å². The third kappa shape index (κ3) is 3.71. The van der Waals surface area contributed by atoms with Crippen molar-refractivity contribution in [3.05, 3.63) is 53.6 Å². The second-order valence-corrected chi connectivity index (χ2v) is 8.34. The topological polar surface area (TPSA) is 77.1 Å². The molecule has 2 aliphatic rings. The molecule has 2 aromatic rings. The lowest BCUT2D eigenvalue weighted by Gasteiger charge is -2.50. The highest BCUT2D eigenvalue weighted by molar-refractivity contribution is 6.05. The van der Waals surface area contributed by atoms with E-state index in [1.807, 2.05) is 29.2 Å². The van der Waals surface area contributed by atoms with Gasteiger partial charge in [0.25, 0.3) is 5.91 Å². The lowest BCUT2D eigenvalue weighted by atomic mass is 9.71. The summed E-state index contributed by atoms with van der Waals surface area (Å²) in [6.45, 7) is 0.892. The third-order valence-corrected chi connectivity index (χ3v) is 6.72. The number of rotatable bonds is 7. The summed E-state index contributed by atoms with van der Waals surface area (Å²) in [5, 5.41) is 3.08. The first-order valence-electron chi connectivity index (χ1n) is 11.0. The number of amides is 2. The fourth-order valence-electron chi connectivity index (χ4n) is 5.30. The van der Waals surface area contributed by atoms with Gasteiger partial charge in [-0.1, -0.05) is 31.0 Å². The molecule has 7 nitrogen and oxygen atoms in total. The minimum absolute atomic E-state index is 0.0188. The van der Waals surface area contributed by atoms with Crippen LogP contribution in [0.4, 0.5) is 5.69 Å². The van der Waals surface area contributed by atoms with Gasteiger partial charge in [0.15, 0.2) is 11.5 Å². The van der Waals surface area contributed by atoms with Crippen LogP contribution in [0.5, 0.6) is 11.5 Å². The van der Waals surface area contributed by atoms with Crippen LogP contribution in [-0.2, 0) is 9.53 Å². The van der Waals surface area contributed by atoms with E-state index in [0.29, 0.717) is 35.9 Å². The molecule has 2 aromatic carbocycles. The SMILES string of the molecule is COCCN1C(=O)c2ccccc2[C@@H](C(=O)Nc2ccc(OC)c(OC)c2)C12CCCC2. The van der Waals surface area contributed by atoms with Crippen molar-refractivity contribution in [3.63, 3.8) is 0 Å². The number of nitrogens with one attached hydrogen (secondary N) is 1. The molecule has 0 aromatic heterocycles. The number of hydrogen-bond acceptors (Lipinski definition) is 5. The Morgan fingerprint density at radius 3 is 2.47 bits per heavy atom. The smallest absolute Gasteiger partial charge is 0.254 e. The van der Waals surface area contributed by atoms with Gasteiger partial charge in [0.2, 0.25) is 5.91 Å². The van der Waals surface area contributed by atoms with Crippen LogP contribution in [0, 0.1) is 0 Å². The van der Waals surface area contributed by atoms with Crippen molar-refractivity contribution in [1.82, 2.24) is 4.90 Å². The van der Waals surface area contributed by atoms with Crippen molar-refractivity contribution < 1.29 is 23.8 Å². The van der Waals surface area contributed by atoms with Gasteiger partial charge in [0.05, 0.1) is 32.3 Å². The first-order valence-corrected chi connectivity index (χ1v) is 11.0. The summed E-state index contributed by atoms with van der Waals surface area (Å²) in [5.41, 5.74) is 1.46. The number of hydrogen-bond donors (Lipinski definition) is 1. The number of ether oxygens (including phenoxy) is 3. The molecular weight excluding hydrogens is 408 g/mol. The first-order chi connectivity index (χ1) is 15.6. The molecule has 4 rings (SSSR count). The maximum atomic E-state index is 13.8. The Morgan fingerprint density at radius 2 is 1.78 bits per heavy atom. The molecular formula is C25H30N2O5. The summed E-state index contributed by atoms with van der Waals surface area (Å²) in [6, 6.07) is 12.8. The fourth-order valence-corrected chi connectivity index (χ4v) is 5.30. The summed E-state index contributed by atoms with van der Waals surface area (Å²) in [4.78, 5) is 29.2. The Labute approximate surface area is 188 Å². The second kappa shape index (κ2) is 9.20. The van der Waals surface area contributed by atoms with Crippen molar-refractivity contribution in [2.75, 3.05) is 39.8 Å². The normalized spacial score (nSPS) is 19.0. The van der Waals surface area contributed by atoms with E-state index in [1.165, 1.54) is 0 Å². The minimum atomic E-state index is -0.551. The van der Waals surface area contributed by atoms with Crippen molar-refractivity contribution in [2.24, 2.45) is 0 Å². The van der Waals surface area contributed by atoms with E-state index >= 15 is 0 Å². The molecule has 0 saturated heterocycles. The number of nitrogens with zero attached hydrogens (tertiary/aromatic N) is 1. The standard InChI is InChI=1S/C25H30N2O5/c1-30-15-14-27-24(29)19-9-5-4-8-18(19)22(25(27)12-6-7-13-25)23(28)26-17-10-11-20(31-2)21(16-17)32-3/h4-5,8-11,16,22H,6-7,12-15H2,1-3H3,(H,26,28)/t22-/m0/s1. The molecule has 1 heterocycles. The van der Waals surface area contributed by atoms with Gasteiger partial charge in [-0.15, -0.1) is 0 Å². The molecule has 7 heteroatoms. The lowest BCUT2D eigenvalue weighted by Crippen LogP contribution is -2.60. The molecule has 1 fully saturated rings. The van der Waals surface area contributed by atoms with Crippen LogP contribution in [-0.4, -0.2) is 56.7 Å². The molecule has 2 amide bonds. The Kier molecular flexibility index (Phi) is 6.37. The van der Waals surface area contributed by atoms with Crippen LogP contribution < -0.4 is 14.8 Å². The number of fused-ring (bicyclic) bond motifs is 1. The van der Waals surface area contributed by atoms with E-state index < -0.39 is 11.5 Å². The molecule has 0 radical (unpaired) electrons. The predicted molar refractivity (Wildman–Crippen MR) is 121 cm³/mol. The molecule has 170 valence electrons. The summed E-state index contributed by atoms with van der Waals surface area (Å²) in [6.07, 6.45) is 3.56. The van der Waals surface area contributed by atoms with Crippen LogP contribution in [0.2, 0.25) is 0 Å². The van der Waals surface area contributed by atoms with Gasteiger partial charge in [-0.3, -0.25) is 9.59 Å². The summed E-state index contributed by atoms with van der Waals surface area (Å²) < 4.78 is 16.0. The van der Waals surface area contributed by atoms with Crippen molar-refractivity contribution >= 4 is 17.5 Å². The van der Waals surface area contributed by atoms with Crippen LogP contribution in [0.3, 0.4) is 0 Å². The van der Waals surface area contributed by atoms with Gasteiger partial charge >= 0.3 is 0 Å². The highest BCUT2D eigenvalue weighted by Crippen LogP contribution is 2.50. The number of methoxy groups -OCH3 is 3. The largest absolute Gasteiger partial charge is 0.493 e. The van der Waals surface area contributed by atoms with E-state index in [1.54, 1.807) is 39.5 Å². The molecule has 32 heavy (non-hydrogen) atoms. The molecule has 1 spiro atoms. The Morgan fingerprint density at radius 1 is 1.06 bits per heavy atom. The van der Waals surface area contributed by atoms with Gasteiger partial charge < -0.3 is 24.4 Å². The molecule has 0 unspecified atom stereocenters. The second-order valence-electron chi connectivity index (χ2n) is 8.34. The zero-order chi connectivity index (χ0) is 22.7. The molecule has 1 atom stereocenters. The van der Waals surface area contributed by atoms with E-state index in [-0.39, 0.29) is 11.8 Å². The summed E-state index contributed by atoms with van der Waals surface area (Å²) in [7, 11) is 4.77. The Bertz CT molecular complexity index is 1000. The maximum Gasteiger partial charge on any atom is 0.254 e. The zero-order valence-electron chi connectivity index (χ0n) is 18.8. The monoisotopic (exact) mass is 438 g/mol. The predicted octanol–water partition coefficient (Wildman–Crippen LogP) is 3.84. The summed E-state index contributed by atoms with van der Waals surface area (Å²) >= 11 is 0. The van der Waals surface area contributed by atoms with Crippen LogP contribution in [0.15, 0.2) is 42.5 Å². The highest BCUT2D eigenvalue weighted by Gasteiger charge is 2.55. The van der Waals surface area contributed by atoms with E-state index in [4.69, 9.17) is 14.2 Å². The number of carbonyl (C=O) groups excluding carboxylic acids is 2. The van der Waals surface area contributed by atoms with Crippen LogP contribution in [0.25, 0.3) is 0 Å². The number of carbonyl (C=O) groups is 2. The van der Waals surface area contributed by atoms with Crippen molar-refractivity contribution in [3.8, 4) is 11.5 Å². The summed E-state index contributed by atoms with van der Waals surface area (Å²) in [5.74, 6) is 0.527. The van der Waals surface area contributed by atoms with E-state index in [0.717, 1.165) is 31.2 Å². The van der Waals surface area contributed by atoms with Gasteiger partial charge in [0, 0.05) is 31.0 Å². The Balaban J connectivity index is 1.75. The average molecular weight is 439 g/mol. The quantitative estimate of drug-likeness (QED) is 0.711. The van der Waals surface area contributed by atoms with Crippen LogP contribution >= 0.6 is 0 Å². The first kappa shape index (κ1) is 22.1. The molecule has 1 aliphatic heterocycles. The van der Waals surface area contributed by atoms with Crippen molar-refractivity contribution in [2.45, 2.75) is 37.1 Å². The maximum absolute atomic E-state index is 13.8. The van der Waals surface area contributed by atoms with Gasteiger partial charge in [0.1, 0.15) is 0 Å². The van der Waals surface area contributed by atoms with E-state index in [2.05, 4.69) is 5.32 Å². The van der Waals surface area contributed by atoms with Crippen LogP contribution in [0.1, 0.15) is 47.5 Å².